The predicted molar refractivity (Wildman–Crippen MR) is 80.8 cm³/mol. The molecule has 1 heterocycles. The van der Waals surface area contributed by atoms with Crippen molar-refractivity contribution in [2.45, 2.75) is 6.43 Å². The molecule has 5 heteroatoms. The van der Waals surface area contributed by atoms with E-state index in [9.17, 15) is 8.78 Å². The molecule has 0 bridgehead atoms. The normalized spacial score (nSPS) is 11.0. The van der Waals surface area contributed by atoms with Gasteiger partial charge in [-0.15, -0.1) is 0 Å². The van der Waals surface area contributed by atoms with E-state index in [2.05, 4.69) is 10.3 Å². The van der Waals surface area contributed by atoms with Gasteiger partial charge in [-0.1, -0.05) is 6.07 Å². The zero-order chi connectivity index (χ0) is 14.8. The lowest BCUT2D eigenvalue weighted by molar-refractivity contribution is 0.152. The molecule has 0 unspecified atom stereocenters. The molecule has 2 aromatic carbocycles. The Hall–Kier alpha value is -2.69. The Bertz CT molecular complexity index is 782. The lowest BCUT2D eigenvalue weighted by Gasteiger charge is -2.14. The van der Waals surface area contributed by atoms with Gasteiger partial charge in [-0.2, -0.15) is 0 Å². The smallest absolute Gasteiger partial charge is 0.265 e. The first-order valence-electron chi connectivity index (χ1n) is 6.43. The first-order valence-corrected chi connectivity index (χ1v) is 6.43. The fourth-order valence-electron chi connectivity index (χ4n) is 2.23. The molecule has 0 amide bonds. The number of fused-ring (bicyclic) bond motifs is 1. The van der Waals surface area contributed by atoms with Gasteiger partial charge in [0.25, 0.3) is 6.43 Å². The van der Waals surface area contributed by atoms with Crippen molar-refractivity contribution in [3.8, 4) is 0 Å². The quantitative estimate of drug-likeness (QED) is 0.697. The molecule has 0 aliphatic heterocycles. The predicted octanol–water partition coefficient (Wildman–Crippen LogP) is 4.50. The van der Waals surface area contributed by atoms with E-state index in [4.69, 9.17) is 5.73 Å². The molecule has 0 fully saturated rings. The average molecular weight is 285 g/mol. The fourth-order valence-corrected chi connectivity index (χ4v) is 2.23. The highest BCUT2D eigenvalue weighted by Gasteiger charge is 2.14. The van der Waals surface area contributed by atoms with Gasteiger partial charge in [-0.25, -0.2) is 8.78 Å². The summed E-state index contributed by atoms with van der Waals surface area (Å²) in [6.07, 6.45) is -0.899. The Balaban J connectivity index is 2.07. The monoisotopic (exact) mass is 285 g/mol. The summed E-state index contributed by atoms with van der Waals surface area (Å²) in [7, 11) is 0. The molecule has 3 aromatic rings. The molecule has 0 aliphatic carbocycles. The average Bonchev–Trinajstić information content (AvgIpc) is 2.49. The second-order valence-corrected chi connectivity index (χ2v) is 4.65. The third kappa shape index (κ3) is 2.63. The van der Waals surface area contributed by atoms with E-state index in [0.29, 0.717) is 11.4 Å². The molecule has 0 saturated carbocycles. The van der Waals surface area contributed by atoms with E-state index in [1.807, 2.05) is 30.3 Å². The highest BCUT2D eigenvalue weighted by molar-refractivity contribution is 5.93. The highest BCUT2D eigenvalue weighted by atomic mass is 19.3. The molecule has 3 N–H and O–H groups in total. The minimum atomic E-state index is -2.59. The van der Waals surface area contributed by atoms with Crippen molar-refractivity contribution in [3.63, 3.8) is 0 Å². The Kier molecular flexibility index (Phi) is 3.39. The van der Waals surface area contributed by atoms with Crippen molar-refractivity contribution in [2.75, 3.05) is 11.1 Å². The number of nitrogen functional groups attached to an aromatic ring is 1. The van der Waals surface area contributed by atoms with Gasteiger partial charge in [-0.3, -0.25) is 4.98 Å². The van der Waals surface area contributed by atoms with Gasteiger partial charge in [0.2, 0.25) is 0 Å². The Labute approximate surface area is 120 Å². The van der Waals surface area contributed by atoms with Crippen LogP contribution in [0.4, 0.5) is 25.8 Å². The van der Waals surface area contributed by atoms with Gasteiger partial charge in [0.1, 0.15) is 0 Å². The molecular weight excluding hydrogens is 272 g/mol. The number of hydrogen-bond acceptors (Lipinski definition) is 3. The van der Waals surface area contributed by atoms with E-state index < -0.39 is 6.43 Å². The molecule has 3 nitrogen and oxygen atoms in total. The number of rotatable bonds is 3. The van der Waals surface area contributed by atoms with Crippen molar-refractivity contribution < 1.29 is 8.78 Å². The van der Waals surface area contributed by atoms with Crippen molar-refractivity contribution in [1.82, 2.24) is 4.98 Å². The highest BCUT2D eigenvalue weighted by Crippen LogP contribution is 2.33. The van der Waals surface area contributed by atoms with Gasteiger partial charge in [-0.05, 0) is 42.5 Å². The largest absolute Gasteiger partial charge is 0.399 e. The van der Waals surface area contributed by atoms with Crippen LogP contribution in [-0.2, 0) is 0 Å². The number of pyridine rings is 1. The van der Waals surface area contributed by atoms with Crippen LogP contribution >= 0.6 is 0 Å². The number of hydrogen-bond donors (Lipinski definition) is 2. The summed E-state index contributed by atoms with van der Waals surface area (Å²) in [4.78, 5) is 4.25. The first-order chi connectivity index (χ1) is 10.1. The maximum absolute atomic E-state index is 13.1. The standard InChI is InChI=1S/C16H13F2N3/c17-16(18)12-9-10(19)6-7-15(12)21-14-5-1-4-13-11(14)3-2-8-20-13/h1-9,16,21H,19H2. The molecule has 21 heavy (non-hydrogen) atoms. The Morgan fingerprint density at radius 3 is 2.67 bits per heavy atom. The summed E-state index contributed by atoms with van der Waals surface area (Å²) in [5.41, 5.74) is 7.65. The van der Waals surface area contributed by atoms with E-state index in [-0.39, 0.29) is 5.56 Å². The molecular formula is C16H13F2N3. The number of aromatic nitrogens is 1. The van der Waals surface area contributed by atoms with Crippen molar-refractivity contribution in [3.05, 3.63) is 60.3 Å². The second-order valence-electron chi connectivity index (χ2n) is 4.65. The number of alkyl halides is 2. The number of halogens is 2. The molecule has 0 radical (unpaired) electrons. The first kappa shape index (κ1) is 13.3. The van der Waals surface area contributed by atoms with E-state index in [1.165, 1.54) is 6.07 Å². The minimum Gasteiger partial charge on any atom is -0.399 e. The van der Waals surface area contributed by atoms with Crippen LogP contribution in [-0.4, -0.2) is 4.98 Å². The summed E-state index contributed by atoms with van der Waals surface area (Å²) in [5, 5.41) is 3.92. The van der Waals surface area contributed by atoms with E-state index in [1.54, 1.807) is 18.3 Å². The van der Waals surface area contributed by atoms with Crippen LogP contribution in [0, 0.1) is 0 Å². The second kappa shape index (κ2) is 5.36. The van der Waals surface area contributed by atoms with Gasteiger partial charge in [0.15, 0.2) is 0 Å². The number of nitrogens with one attached hydrogen (secondary N) is 1. The van der Waals surface area contributed by atoms with Crippen molar-refractivity contribution in [2.24, 2.45) is 0 Å². The van der Waals surface area contributed by atoms with Gasteiger partial charge in [0, 0.05) is 34.2 Å². The topological polar surface area (TPSA) is 50.9 Å². The number of nitrogens with two attached hydrogens (primary N) is 1. The summed E-state index contributed by atoms with van der Waals surface area (Å²) < 4.78 is 26.2. The van der Waals surface area contributed by atoms with Gasteiger partial charge in [0.05, 0.1) is 5.52 Å². The fraction of sp³-hybridized carbons (Fsp3) is 0.0625. The number of benzene rings is 2. The minimum absolute atomic E-state index is 0.115. The van der Waals surface area contributed by atoms with E-state index >= 15 is 0 Å². The van der Waals surface area contributed by atoms with Crippen LogP contribution in [0.5, 0.6) is 0 Å². The van der Waals surface area contributed by atoms with Gasteiger partial charge < -0.3 is 11.1 Å². The zero-order valence-electron chi connectivity index (χ0n) is 11.1. The van der Waals surface area contributed by atoms with Crippen molar-refractivity contribution >= 4 is 28.0 Å². The summed E-state index contributed by atoms with van der Waals surface area (Å²) >= 11 is 0. The number of anilines is 3. The molecule has 106 valence electrons. The zero-order valence-corrected chi connectivity index (χ0v) is 11.1. The molecule has 1 aromatic heterocycles. The van der Waals surface area contributed by atoms with Crippen molar-refractivity contribution in [1.29, 1.82) is 0 Å². The summed E-state index contributed by atoms with van der Waals surface area (Å²) in [6.45, 7) is 0. The maximum Gasteiger partial charge on any atom is 0.265 e. The van der Waals surface area contributed by atoms with Crippen LogP contribution in [0.1, 0.15) is 12.0 Å². The van der Waals surface area contributed by atoms with Crippen LogP contribution < -0.4 is 11.1 Å². The van der Waals surface area contributed by atoms with Crippen LogP contribution in [0.25, 0.3) is 10.9 Å². The van der Waals surface area contributed by atoms with E-state index in [0.717, 1.165) is 16.6 Å². The lowest BCUT2D eigenvalue weighted by atomic mass is 10.1. The Morgan fingerprint density at radius 1 is 1.00 bits per heavy atom. The Morgan fingerprint density at radius 2 is 1.86 bits per heavy atom. The number of nitrogens with zero attached hydrogens (tertiary/aromatic N) is 1. The molecule has 3 rings (SSSR count). The lowest BCUT2D eigenvalue weighted by Crippen LogP contribution is -1.99. The van der Waals surface area contributed by atoms with Crippen LogP contribution in [0.2, 0.25) is 0 Å². The van der Waals surface area contributed by atoms with Gasteiger partial charge >= 0.3 is 0 Å². The van der Waals surface area contributed by atoms with Crippen LogP contribution in [0.15, 0.2) is 54.7 Å². The van der Waals surface area contributed by atoms with Crippen LogP contribution in [0.3, 0.4) is 0 Å². The molecule has 0 spiro atoms. The summed E-state index contributed by atoms with van der Waals surface area (Å²) in [6, 6.07) is 13.7. The SMILES string of the molecule is Nc1ccc(Nc2cccc3ncccc23)c(C(F)F)c1. The molecule has 0 saturated heterocycles. The maximum atomic E-state index is 13.1. The molecule has 0 aliphatic rings. The third-order valence-corrected chi connectivity index (χ3v) is 3.23. The third-order valence-electron chi connectivity index (χ3n) is 3.23. The molecule has 0 atom stereocenters. The summed E-state index contributed by atoms with van der Waals surface area (Å²) in [5.74, 6) is 0.